The van der Waals surface area contributed by atoms with Crippen molar-refractivity contribution in [2.75, 3.05) is 44.7 Å². The Morgan fingerprint density at radius 2 is 1.72 bits per heavy atom. The lowest BCUT2D eigenvalue weighted by atomic mass is 9.84. The van der Waals surface area contributed by atoms with Crippen molar-refractivity contribution in [1.82, 2.24) is 20.0 Å². The Balaban J connectivity index is 1.13. The van der Waals surface area contributed by atoms with E-state index in [0.29, 0.717) is 24.0 Å². The lowest BCUT2D eigenvalue weighted by Crippen LogP contribution is -2.47. The molecule has 9 nitrogen and oxygen atoms in total. The van der Waals surface area contributed by atoms with Crippen molar-refractivity contribution >= 4 is 17.5 Å². The van der Waals surface area contributed by atoms with Crippen molar-refractivity contribution in [1.29, 1.82) is 0 Å². The molecular formula is C30H35N5O4. The monoisotopic (exact) mass is 529 g/mol. The van der Waals surface area contributed by atoms with Gasteiger partial charge in [0.2, 0.25) is 0 Å². The molecule has 3 heterocycles. The number of carbonyl (C=O) groups is 2. The van der Waals surface area contributed by atoms with E-state index in [9.17, 15) is 14.7 Å². The fourth-order valence-electron chi connectivity index (χ4n) is 6.21. The van der Waals surface area contributed by atoms with E-state index >= 15 is 0 Å². The molecule has 1 saturated carbocycles. The van der Waals surface area contributed by atoms with Gasteiger partial charge in [0.1, 0.15) is 5.75 Å². The van der Waals surface area contributed by atoms with Crippen LogP contribution in [0.15, 0.2) is 48.7 Å². The van der Waals surface area contributed by atoms with E-state index < -0.39 is 5.60 Å². The second-order valence-corrected chi connectivity index (χ2v) is 10.9. The summed E-state index contributed by atoms with van der Waals surface area (Å²) in [6.07, 6.45) is 6.09. The maximum absolute atomic E-state index is 13.5. The number of hydrogen-bond donors (Lipinski definition) is 2. The number of hydrogen-bond acceptors (Lipinski definition) is 7. The zero-order valence-corrected chi connectivity index (χ0v) is 22.4. The van der Waals surface area contributed by atoms with Gasteiger partial charge in [-0.05, 0) is 49.2 Å². The highest BCUT2D eigenvalue weighted by Crippen LogP contribution is 2.36. The molecule has 39 heavy (non-hydrogen) atoms. The number of nitrogens with zero attached hydrogens (tertiary/aromatic N) is 4. The minimum absolute atomic E-state index is 0.0772. The molecule has 1 aromatic heterocycles. The Bertz CT molecular complexity index is 1350. The Morgan fingerprint density at radius 3 is 2.44 bits per heavy atom. The fraction of sp³-hybridized carbons (Fsp3) is 0.433. The SMILES string of the molecule is COc1ccc(-c2[nH]ncc2CN2CCN(c3cccc4c3C(=O)N(CC3(O)CCCCC3)C4=O)CC2)cc1. The number of rotatable bonds is 7. The highest BCUT2D eigenvalue weighted by molar-refractivity contribution is 6.23. The summed E-state index contributed by atoms with van der Waals surface area (Å²) in [4.78, 5) is 32.6. The molecule has 6 rings (SSSR count). The Labute approximate surface area is 228 Å². The molecule has 0 unspecified atom stereocenters. The van der Waals surface area contributed by atoms with Crippen LogP contribution >= 0.6 is 0 Å². The van der Waals surface area contributed by atoms with Crippen molar-refractivity contribution in [3.8, 4) is 17.0 Å². The van der Waals surface area contributed by atoms with Crippen LogP contribution in [-0.2, 0) is 6.54 Å². The molecule has 0 spiro atoms. The number of fused-ring (bicyclic) bond motifs is 1. The topological polar surface area (TPSA) is 102 Å². The number of aromatic amines is 1. The van der Waals surface area contributed by atoms with Crippen molar-refractivity contribution < 1.29 is 19.4 Å². The third-order valence-electron chi connectivity index (χ3n) is 8.42. The van der Waals surface area contributed by atoms with Crippen LogP contribution in [0.5, 0.6) is 5.75 Å². The smallest absolute Gasteiger partial charge is 0.263 e. The van der Waals surface area contributed by atoms with Gasteiger partial charge in [-0.3, -0.25) is 24.5 Å². The second kappa shape index (κ2) is 10.5. The molecule has 1 saturated heterocycles. The summed E-state index contributed by atoms with van der Waals surface area (Å²) >= 11 is 0. The highest BCUT2D eigenvalue weighted by atomic mass is 16.5. The third kappa shape index (κ3) is 4.92. The van der Waals surface area contributed by atoms with Gasteiger partial charge in [-0.1, -0.05) is 25.3 Å². The molecule has 2 amide bonds. The number of amides is 2. The lowest BCUT2D eigenvalue weighted by Gasteiger charge is -2.37. The summed E-state index contributed by atoms with van der Waals surface area (Å²) in [5.74, 6) is 0.242. The van der Waals surface area contributed by atoms with E-state index in [4.69, 9.17) is 4.74 Å². The maximum Gasteiger partial charge on any atom is 0.263 e. The number of piperazine rings is 1. The number of aromatic nitrogens is 2. The summed E-state index contributed by atoms with van der Waals surface area (Å²) in [6.45, 7) is 3.98. The van der Waals surface area contributed by atoms with Gasteiger partial charge < -0.3 is 14.7 Å². The van der Waals surface area contributed by atoms with Crippen LogP contribution in [-0.4, -0.2) is 82.4 Å². The van der Waals surface area contributed by atoms with E-state index in [1.54, 1.807) is 13.2 Å². The zero-order valence-electron chi connectivity index (χ0n) is 22.4. The number of imide groups is 1. The molecule has 0 radical (unpaired) electrons. The standard InChI is InChI=1S/C30H35N5O4/c1-39-23-10-8-21(9-11-23)27-22(18-31-32-27)19-33-14-16-34(17-15-33)25-7-5-6-24-26(25)29(37)35(28(24)36)20-30(38)12-3-2-4-13-30/h5-11,18,38H,2-4,12-17,19-20H2,1H3,(H,31,32). The van der Waals surface area contributed by atoms with Gasteiger partial charge >= 0.3 is 0 Å². The van der Waals surface area contributed by atoms with Crippen LogP contribution in [0, 0.1) is 0 Å². The summed E-state index contributed by atoms with van der Waals surface area (Å²) in [5, 5.41) is 18.5. The van der Waals surface area contributed by atoms with Gasteiger partial charge in [-0.2, -0.15) is 5.10 Å². The first-order valence-electron chi connectivity index (χ1n) is 13.8. The summed E-state index contributed by atoms with van der Waals surface area (Å²) in [5.41, 5.74) is 3.96. The van der Waals surface area contributed by atoms with Crippen molar-refractivity contribution in [3.05, 3.63) is 65.4 Å². The Morgan fingerprint density at radius 1 is 0.974 bits per heavy atom. The van der Waals surface area contributed by atoms with Crippen LogP contribution < -0.4 is 9.64 Å². The average molecular weight is 530 g/mol. The summed E-state index contributed by atoms with van der Waals surface area (Å²) < 4.78 is 5.28. The molecule has 2 aliphatic heterocycles. The molecule has 9 heteroatoms. The van der Waals surface area contributed by atoms with Crippen LogP contribution in [0.3, 0.4) is 0 Å². The van der Waals surface area contributed by atoms with Gasteiger partial charge in [0.15, 0.2) is 0 Å². The quantitative estimate of drug-likeness (QED) is 0.450. The minimum Gasteiger partial charge on any atom is -0.497 e. The van der Waals surface area contributed by atoms with Crippen LogP contribution in [0.2, 0.25) is 0 Å². The molecule has 2 N–H and O–H groups in total. The van der Waals surface area contributed by atoms with E-state index in [1.807, 2.05) is 42.6 Å². The van der Waals surface area contributed by atoms with Gasteiger partial charge in [0, 0.05) is 43.9 Å². The van der Waals surface area contributed by atoms with Crippen LogP contribution in [0.25, 0.3) is 11.3 Å². The molecule has 2 aromatic carbocycles. The number of aliphatic hydroxyl groups is 1. The number of methoxy groups -OCH3 is 1. The van der Waals surface area contributed by atoms with E-state index in [-0.39, 0.29) is 18.4 Å². The highest BCUT2D eigenvalue weighted by Gasteiger charge is 2.43. The zero-order chi connectivity index (χ0) is 27.0. The van der Waals surface area contributed by atoms with Crippen molar-refractivity contribution in [2.24, 2.45) is 0 Å². The molecular weight excluding hydrogens is 494 g/mol. The number of ether oxygens (including phenoxy) is 1. The fourth-order valence-corrected chi connectivity index (χ4v) is 6.21. The number of H-pyrrole nitrogens is 1. The predicted molar refractivity (Wildman–Crippen MR) is 148 cm³/mol. The molecule has 3 aromatic rings. The van der Waals surface area contributed by atoms with E-state index in [1.165, 1.54) is 4.90 Å². The first kappa shape index (κ1) is 25.6. The summed E-state index contributed by atoms with van der Waals surface area (Å²) in [7, 11) is 1.66. The van der Waals surface area contributed by atoms with Crippen molar-refractivity contribution in [3.63, 3.8) is 0 Å². The molecule has 204 valence electrons. The normalized spacial score (nSPS) is 19.4. The molecule has 0 atom stereocenters. The minimum atomic E-state index is -0.977. The molecule has 0 bridgehead atoms. The maximum atomic E-state index is 13.5. The molecule has 2 fully saturated rings. The number of anilines is 1. The summed E-state index contributed by atoms with van der Waals surface area (Å²) in [6, 6.07) is 13.5. The van der Waals surface area contributed by atoms with Gasteiger partial charge in [-0.15, -0.1) is 0 Å². The van der Waals surface area contributed by atoms with Gasteiger partial charge in [-0.25, -0.2) is 0 Å². The Hall–Kier alpha value is -3.69. The Kier molecular flexibility index (Phi) is 6.86. The van der Waals surface area contributed by atoms with E-state index in [2.05, 4.69) is 20.0 Å². The van der Waals surface area contributed by atoms with E-state index in [0.717, 1.165) is 80.2 Å². The van der Waals surface area contributed by atoms with Gasteiger partial charge in [0.05, 0.1) is 48.0 Å². The van der Waals surface area contributed by atoms with Gasteiger partial charge in [0.25, 0.3) is 11.8 Å². The van der Waals surface area contributed by atoms with Crippen LogP contribution in [0.1, 0.15) is 58.4 Å². The van der Waals surface area contributed by atoms with Crippen LogP contribution in [0.4, 0.5) is 5.69 Å². The first-order valence-corrected chi connectivity index (χ1v) is 13.8. The number of benzene rings is 2. The average Bonchev–Trinajstić information content (AvgIpc) is 3.52. The third-order valence-corrected chi connectivity index (χ3v) is 8.42. The number of β-amino-alcohol motifs (C(OH)–C–C–N with tert-alkyl or cyclic N) is 1. The second-order valence-electron chi connectivity index (χ2n) is 10.9. The van der Waals surface area contributed by atoms with Crippen molar-refractivity contribution in [2.45, 2.75) is 44.2 Å². The lowest BCUT2D eigenvalue weighted by molar-refractivity contribution is -0.0177. The largest absolute Gasteiger partial charge is 0.497 e. The predicted octanol–water partition coefficient (Wildman–Crippen LogP) is 3.70. The molecule has 3 aliphatic rings. The first-order chi connectivity index (χ1) is 19.0. The number of nitrogens with one attached hydrogen (secondary N) is 1. The molecule has 1 aliphatic carbocycles. The number of carbonyl (C=O) groups excluding carboxylic acids is 2.